The van der Waals surface area contributed by atoms with Gasteiger partial charge in [-0.3, -0.25) is 4.79 Å². The van der Waals surface area contributed by atoms with E-state index in [-0.39, 0.29) is 23.4 Å². The first-order valence-electron chi connectivity index (χ1n) is 4.72. The summed E-state index contributed by atoms with van der Waals surface area (Å²) in [6, 6.07) is 0. The van der Waals surface area contributed by atoms with E-state index in [0.29, 0.717) is 5.92 Å². The average molecular weight is 168 g/mol. The number of hydrogen-bond acceptors (Lipinski definition) is 2. The van der Waals surface area contributed by atoms with Gasteiger partial charge in [-0.15, -0.1) is 0 Å². The standard InChI is InChI=1S/C10H16O2/c1-6-4-7-5-8(10(6,2)3)12-9(7)11/h6-8H,4-5H2,1-3H3. The maximum atomic E-state index is 11.3. The van der Waals surface area contributed by atoms with Crippen molar-refractivity contribution in [2.24, 2.45) is 17.3 Å². The molecular weight excluding hydrogens is 152 g/mol. The van der Waals surface area contributed by atoms with Crippen LogP contribution in [0.3, 0.4) is 0 Å². The highest BCUT2D eigenvalue weighted by atomic mass is 16.6. The average Bonchev–Trinajstić information content (AvgIpc) is 2.28. The SMILES string of the molecule is CC1CC2CC(OC2=O)C1(C)C. The van der Waals surface area contributed by atoms with Gasteiger partial charge in [0, 0.05) is 5.41 Å². The summed E-state index contributed by atoms with van der Waals surface area (Å²) in [4.78, 5) is 11.3. The zero-order valence-electron chi connectivity index (χ0n) is 7.96. The zero-order chi connectivity index (χ0) is 8.93. The summed E-state index contributed by atoms with van der Waals surface area (Å²) in [5, 5.41) is 0. The smallest absolute Gasteiger partial charge is 0.309 e. The molecule has 2 fully saturated rings. The predicted molar refractivity (Wildman–Crippen MR) is 45.5 cm³/mol. The van der Waals surface area contributed by atoms with Crippen LogP contribution in [0.4, 0.5) is 0 Å². The van der Waals surface area contributed by atoms with Gasteiger partial charge in [0.2, 0.25) is 0 Å². The Morgan fingerprint density at radius 1 is 1.42 bits per heavy atom. The molecule has 3 atom stereocenters. The molecule has 2 nitrogen and oxygen atoms in total. The van der Waals surface area contributed by atoms with Crippen molar-refractivity contribution in [3.8, 4) is 0 Å². The molecule has 0 spiro atoms. The number of ether oxygens (including phenoxy) is 1. The van der Waals surface area contributed by atoms with Gasteiger partial charge in [0.15, 0.2) is 0 Å². The minimum Gasteiger partial charge on any atom is -0.462 e. The lowest BCUT2D eigenvalue weighted by Crippen LogP contribution is -2.38. The number of esters is 1. The van der Waals surface area contributed by atoms with Crippen molar-refractivity contribution in [1.29, 1.82) is 0 Å². The third kappa shape index (κ3) is 0.900. The molecule has 1 saturated heterocycles. The van der Waals surface area contributed by atoms with Crippen molar-refractivity contribution in [2.45, 2.75) is 39.7 Å². The van der Waals surface area contributed by atoms with E-state index in [1.165, 1.54) is 0 Å². The van der Waals surface area contributed by atoms with E-state index < -0.39 is 0 Å². The third-order valence-corrected chi connectivity index (χ3v) is 3.83. The Kier molecular flexibility index (Phi) is 1.51. The van der Waals surface area contributed by atoms with Crippen LogP contribution in [0.1, 0.15) is 33.6 Å². The van der Waals surface area contributed by atoms with Crippen LogP contribution in [0.2, 0.25) is 0 Å². The molecule has 3 unspecified atom stereocenters. The number of carbonyl (C=O) groups excluding carboxylic acids is 1. The number of hydrogen-bond donors (Lipinski definition) is 0. The summed E-state index contributed by atoms with van der Waals surface area (Å²) < 4.78 is 5.33. The van der Waals surface area contributed by atoms with Gasteiger partial charge in [-0.05, 0) is 18.8 Å². The topological polar surface area (TPSA) is 26.3 Å². The van der Waals surface area contributed by atoms with Crippen molar-refractivity contribution in [3.63, 3.8) is 0 Å². The Labute approximate surface area is 73.3 Å². The van der Waals surface area contributed by atoms with E-state index in [2.05, 4.69) is 20.8 Å². The van der Waals surface area contributed by atoms with E-state index >= 15 is 0 Å². The predicted octanol–water partition coefficient (Wildman–Crippen LogP) is 1.98. The molecule has 2 heteroatoms. The molecule has 2 aliphatic rings. The van der Waals surface area contributed by atoms with Crippen LogP contribution in [0.5, 0.6) is 0 Å². The van der Waals surface area contributed by atoms with Crippen molar-refractivity contribution >= 4 is 5.97 Å². The molecule has 0 aromatic carbocycles. The van der Waals surface area contributed by atoms with Crippen LogP contribution >= 0.6 is 0 Å². The van der Waals surface area contributed by atoms with Gasteiger partial charge in [0.25, 0.3) is 0 Å². The van der Waals surface area contributed by atoms with Crippen LogP contribution in [0.25, 0.3) is 0 Å². The summed E-state index contributed by atoms with van der Waals surface area (Å²) in [5.74, 6) is 0.850. The molecule has 12 heavy (non-hydrogen) atoms. The highest BCUT2D eigenvalue weighted by Gasteiger charge is 2.50. The first-order valence-corrected chi connectivity index (χ1v) is 4.72. The molecule has 68 valence electrons. The van der Waals surface area contributed by atoms with Gasteiger partial charge in [0.1, 0.15) is 6.10 Å². The molecule has 0 radical (unpaired) electrons. The third-order valence-electron chi connectivity index (χ3n) is 3.83. The molecule has 0 aromatic heterocycles. The molecule has 1 aliphatic heterocycles. The van der Waals surface area contributed by atoms with Gasteiger partial charge in [-0.25, -0.2) is 0 Å². The Morgan fingerprint density at radius 2 is 2.08 bits per heavy atom. The van der Waals surface area contributed by atoms with Crippen LogP contribution < -0.4 is 0 Å². The molecule has 2 rings (SSSR count). The second-order valence-electron chi connectivity index (χ2n) is 4.82. The maximum Gasteiger partial charge on any atom is 0.309 e. The Morgan fingerprint density at radius 3 is 2.75 bits per heavy atom. The van der Waals surface area contributed by atoms with Gasteiger partial charge < -0.3 is 4.74 Å². The monoisotopic (exact) mass is 168 g/mol. The highest BCUT2D eigenvalue weighted by Crippen LogP contribution is 2.48. The fraction of sp³-hybridized carbons (Fsp3) is 0.900. The van der Waals surface area contributed by atoms with Crippen LogP contribution in [0.15, 0.2) is 0 Å². The summed E-state index contributed by atoms with van der Waals surface area (Å²) in [7, 11) is 0. The van der Waals surface area contributed by atoms with E-state index in [1.54, 1.807) is 0 Å². The lowest BCUT2D eigenvalue weighted by molar-refractivity contribution is -0.146. The Hall–Kier alpha value is -0.530. The maximum absolute atomic E-state index is 11.3. The Balaban J connectivity index is 2.27. The van der Waals surface area contributed by atoms with Gasteiger partial charge >= 0.3 is 5.97 Å². The number of rotatable bonds is 0. The number of fused-ring (bicyclic) bond motifs is 2. The van der Waals surface area contributed by atoms with Crippen LogP contribution in [-0.4, -0.2) is 12.1 Å². The zero-order valence-corrected chi connectivity index (χ0v) is 7.96. The summed E-state index contributed by atoms with van der Waals surface area (Å²) >= 11 is 0. The van der Waals surface area contributed by atoms with Gasteiger partial charge in [-0.1, -0.05) is 20.8 Å². The Bertz CT molecular complexity index is 220. The molecule has 1 aliphatic carbocycles. The second kappa shape index (κ2) is 2.24. The molecule has 1 saturated carbocycles. The van der Waals surface area contributed by atoms with E-state index in [1.807, 2.05) is 0 Å². The van der Waals surface area contributed by atoms with E-state index in [0.717, 1.165) is 12.8 Å². The first kappa shape index (κ1) is 8.09. The fourth-order valence-corrected chi connectivity index (χ4v) is 2.34. The quantitative estimate of drug-likeness (QED) is 0.517. The molecule has 0 aromatic rings. The summed E-state index contributed by atoms with van der Waals surface area (Å²) in [5.41, 5.74) is 0.183. The van der Waals surface area contributed by atoms with Crippen molar-refractivity contribution in [2.75, 3.05) is 0 Å². The largest absolute Gasteiger partial charge is 0.462 e. The lowest BCUT2D eigenvalue weighted by Gasteiger charge is -2.39. The van der Waals surface area contributed by atoms with Crippen molar-refractivity contribution < 1.29 is 9.53 Å². The number of carbonyl (C=O) groups is 1. The molecule has 1 heterocycles. The lowest BCUT2D eigenvalue weighted by atomic mass is 9.66. The first-order chi connectivity index (χ1) is 5.51. The summed E-state index contributed by atoms with van der Waals surface area (Å²) in [6.45, 7) is 6.63. The van der Waals surface area contributed by atoms with E-state index in [4.69, 9.17) is 4.74 Å². The minimum atomic E-state index is 0.0393. The van der Waals surface area contributed by atoms with Crippen molar-refractivity contribution in [3.05, 3.63) is 0 Å². The minimum absolute atomic E-state index is 0.0393. The van der Waals surface area contributed by atoms with Gasteiger partial charge in [0.05, 0.1) is 5.92 Å². The summed E-state index contributed by atoms with van der Waals surface area (Å²) in [6.07, 6.45) is 2.15. The van der Waals surface area contributed by atoms with Crippen LogP contribution in [0, 0.1) is 17.3 Å². The molecule has 0 amide bonds. The second-order valence-corrected chi connectivity index (χ2v) is 4.82. The van der Waals surface area contributed by atoms with Gasteiger partial charge in [-0.2, -0.15) is 0 Å². The van der Waals surface area contributed by atoms with E-state index in [9.17, 15) is 4.79 Å². The van der Waals surface area contributed by atoms with Crippen molar-refractivity contribution in [1.82, 2.24) is 0 Å². The van der Waals surface area contributed by atoms with Crippen LogP contribution in [-0.2, 0) is 9.53 Å². The molecule has 2 bridgehead atoms. The highest BCUT2D eigenvalue weighted by molar-refractivity contribution is 5.75. The fourth-order valence-electron chi connectivity index (χ4n) is 2.34. The normalized spacial score (nSPS) is 44.2. The molecular formula is C10H16O2. The molecule has 0 N–H and O–H groups in total.